The highest BCUT2D eigenvalue weighted by Gasteiger charge is 2.34. The van der Waals surface area contributed by atoms with Crippen molar-refractivity contribution in [2.45, 2.75) is 37.5 Å². The molecule has 0 amide bonds. The third kappa shape index (κ3) is 4.92. The molecule has 1 unspecified atom stereocenters. The van der Waals surface area contributed by atoms with Crippen molar-refractivity contribution in [3.8, 4) is 0 Å². The molecule has 8 heteroatoms. The second-order valence-electron chi connectivity index (χ2n) is 5.43. The molecule has 4 nitrogen and oxygen atoms in total. The van der Waals surface area contributed by atoms with Gasteiger partial charge in [-0.1, -0.05) is 0 Å². The summed E-state index contributed by atoms with van der Waals surface area (Å²) in [4.78, 5) is 1.41. The van der Waals surface area contributed by atoms with E-state index in [0.29, 0.717) is 32.4 Å². The smallest absolute Gasteiger partial charge is 0.310 e. The molecule has 112 valence electrons. The van der Waals surface area contributed by atoms with Crippen molar-refractivity contribution in [2.75, 3.05) is 31.1 Å². The van der Waals surface area contributed by atoms with Crippen LogP contribution in [0, 0.1) is 0 Å². The number of hydrogen-bond acceptors (Lipinski definition) is 4. The van der Waals surface area contributed by atoms with E-state index in [4.69, 9.17) is 0 Å². The Morgan fingerprint density at radius 2 is 1.74 bits per heavy atom. The van der Waals surface area contributed by atoms with Gasteiger partial charge < -0.3 is 5.32 Å². The molecule has 0 radical (unpaired) electrons. The Kier molecular flexibility index (Phi) is 4.42. The van der Waals surface area contributed by atoms with Crippen LogP contribution in [0.15, 0.2) is 0 Å². The monoisotopic (exact) mass is 300 g/mol. The highest BCUT2D eigenvalue weighted by atomic mass is 32.2. The lowest BCUT2D eigenvalue weighted by Crippen LogP contribution is -2.48. The molecule has 2 saturated heterocycles. The van der Waals surface area contributed by atoms with E-state index in [9.17, 15) is 21.6 Å². The second-order valence-corrected chi connectivity index (χ2v) is 7.66. The first-order valence-electron chi connectivity index (χ1n) is 6.49. The number of nitrogens with one attached hydrogen (secondary N) is 1. The van der Waals surface area contributed by atoms with Crippen molar-refractivity contribution in [1.29, 1.82) is 0 Å². The summed E-state index contributed by atoms with van der Waals surface area (Å²) < 4.78 is 59.3. The molecule has 2 rings (SSSR count). The van der Waals surface area contributed by atoms with Gasteiger partial charge in [-0.05, 0) is 32.4 Å². The topological polar surface area (TPSA) is 49.4 Å². The van der Waals surface area contributed by atoms with E-state index in [1.165, 1.54) is 4.90 Å². The first kappa shape index (κ1) is 15.1. The zero-order valence-corrected chi connectivity index (χ0v) is 11.4. The van der Waals surface area contributed by atoms with Gasteiger partial charge >= 0.3 is 6.18 Å². The van der Waals surface area contributed by atoms with Crippen molar-refractivity contribution < 1.29 is 21.6 Å². The summed E-state index contributed by atoms with van der Waals surface area (Å²) in [6.07, 6.45) is -2.23. The van der Waals surface area contributed by atoms with Gasteiger partial charge in [-0.15, -0.1) is 0 Å². The summed E-state index contributed by atoms with van der Waals surface area (Å²) in [7, 11) is -2.90. The maximum Gasteiger partial charge on any atom is 0.401 e. The van der Waals surface area contributed by atoms with Crippen LogP contribution in [0.25, 0.3) is 0 Å². The number of nitrogens with zero attached hydrogens (tertiary/aromatic N) is 1. The van der Waals surface area contributed by atoms with Crippen molar-refractivity contribution in [1.82, 2.24) is 10.2 Å². The first-order chi connectivity index (χ1) is 8.73. The molecule has 2 heterocycles. The van der Waals surface area contributed by atoms with Crippen LogP contribution in [0.4, 0.5) is 13.2 Å². The van der Waals surface area contributed by atoms with Gasteiger partial charge in [-0.25, -0.2) is 8.42 Å². The van der Waals surface area contributed by atoms with E-state index in [1.54, 1.807) is 0 Å². The van der Waals surface area contributed by atoms with Crippen molar-refractivity contribution in [3.63, 3.8) is 0 Å². The van der Waals surface area contributed by atoms with Gasteiger partial charge in [-0.3, -0.25) is 4.90 Å². The van der Waals surface area contributed by atoms with Gasteiger partial charge in [0.2, 0.25) is 0 Å². The molecule has 0 aromatic carbocycles. The molecule has 0 spiro atoms. The summed E-state index contributed by atoms with van der Waals surface area (Å²) in [5, 5.41) is 3.27. The van der Waals surface area contributed by atoms with Crippen LogP contribution in [-0.4, -0.2) is 62.7 Å². The number of alkyl halides is 3. The molecule has 2 aliphatic heterocycles. The number of hydrogen-bond donors (Lipinski definition) is 1. The lowest BCUT2D eigenvalue weighted by atomic mass is 10.0. The van der Waals surface area contributed by atoms with Crippen LogP contribution in [0.1, 0.15) is 19.3 Å². The van der Waals surface area contributed by atoms with Crippen LogP contribution in [0.3, 0.4) is 0 Å². The molecule has 0 saturated carbocycles. The predicted octanol–water partition coefficient (Wildman–Crippen LogP) is 0.790. The van der Waals surface area contributed by atoms with Gasteiger partial charge in [0.15, 0.2) is 9.84 Å². The van der Waals surface area contributed by atoms with Crippen molar-refractivity contribution >= 4 is 9.84 Å². The molecule has 19 heavy (non-hydrogen) atoms. The van der Waals surface area contributed by atoms with E-state index in [-0.39, 0.29) is 23.6 Å². The maximum absolute atomic E-state index is 12.2. The molecule has 0 aromatic rings. The molecule has 1 N–H and O–H groups in total. The zero-order valence-electron chi connectivity index (χ0n) is 10.6. The number of rotatable bonds is 3. The van der Waals surface area contributed by atoms with Gasteiger partial charge in [0.25, 0.3) is 0 Å². The number of sulfone groups is 1. The Bertz CT molecular complexity index is 403. The minimum absolute atomic E-state index is 0.0239. The Morgan fingerprint density at radius 1 is 1.11 bits per heavy atom. The molecule has 0 aromatic heterocycles. The van der Waals surface area contributed by atoms with Crippen LogP contribution >= 0.6 is 0 Å². The standard InChI is InChI=1S/C11H19F3N2O2S/c12-11(13,14)8-16-4-1-9(2-5-16)15-10-3-6-19(17,18)7-10/h9-10,15H,1-8H2. The molecule has 2 aliphatic rings. The van der Waals surface area contributed by atoms with Gasteiger partial charge in [-0.2, -0.15) is 13.2 Å². The summed E-state index contributed by atoms with van der Waals surface area (Å²) in [6, 6.07) is 0.118. The summed E-state index contributed by atoms with van der Waals surface area (Å²) >= 11 is 0. The predicted molar refractivity (Wildman–Crippen MR) is 65.7 cm³/mol. The van der Waals surface area contributed by atoms with Gasteiger partial charge in [0.1, 0.15) is 0 Å². The Labute approximate surface area is 111 Å². The van der Waals surface area contributed by atoms with E-state index in [2.05, 4.69) is 5.32 Å². The van der Waals surface area contributed by atoms with Crippen molar-refractivity contribution in [3.05, 3.63) is 0 Å². The molecule has 1 atom stereocenters. The number of piperidine rings is 1. The van der Waals surface area contributed by atoms with Gasteiger partial charge in [0, 0.05) is 12.1 Å². The third-order valence-corrected chi connectivity index (χ3v) is 5.46. The molecular formula is C11H19F3N2O2S. The lowest BCUT2D eigenvalue weighted by molar-refractivity contribution is -0.148. The maximum atomic E-state index is 12.2. The SMILES string of the molecule is O=S1(=O)CCC(NC2CCN(CC(F)(F)F)CC2)C1. The van der Waals surface area contributed by atoms with E-state index in [0.717, 1.165) is 0 Å². The van der Waals surface area contributed by atoms with E-state index >= 15 is 0 Å². The summed E-state index contributed by atoms with van der Waals surface area (Å²) in [5.41, 5.74) is 0. The van der Waals surface area contributed by atoms with Crippen molar-refractivity contribution in [2.24, 2.45) is 0 Å². The minimum Gasteiger partial charge on any atom is -0.310 e. The lowest BCUT2D eigenvalue weighted by Gasteiger charge is -2.34. The fourth-order valence-corrected chi connectivity index (χ4v) is 4.46. The molecule has 0 aliphatic carbocycles. The summed E-state index contributed by atoms with van der Waals surface area (Å²) in [5.74, 6) is 0.382. The molecule has 0 bridgehead atoms. The first-order valence-corrected chi connectivity index (χ1v) is 8.31. The second kappa shape index (κ2) is 5.57. The Balaban J connectivity index is 1.72. The highest BCUT2D eigenvalue weighted by Crippen LogP contribution is 2.21. The number of halogens is 3. The van der Waals surface area contributed by atoms with E-state index < -0.39 is 22.6 Å². The van der Waals surface area contributed by atoms with Crippen LogP contribution in [-0.2, 0) is 9.84 Å². The van der Waals surface area contributed by atoms with E-state index in [1.807, 2.05) is 0 Å². The highest BCUT2D eigenvalue weighted by molar-refractivity contribution is 7.91. The largest absolute Gasteiger partial charge is 0.401 e. The third-order valence-electron chi connectivity index (χ3n) is 3.69. The molecular weight excluding hydrogens is 281 g/mol. The van der Waals surface area contributed by atoms with Crippen LogP contribution in [0.5, 0.6) is 0 Å². The fourth-order valence-electron chi connectivity index (χ4n) is 2.77. The fraction of sp³-hybridized carbons (Fsp3) is 1.00. The quantitative estimate of drug-likeness (QED) is 0.837. The Morgan fingerprint density at radius 3 is 2.21 bits per heavy atom. The van der Waals surface area contributed by atoms with Crippen LogP contribution < -0.4 is 5.32 Å². The normalized spacial score (nSPS) is 29.7. The zero-order chi connectivity index (χ0) is 14.1. The average Bonchev–Trinajstić information content (AvgIpc) is 2.59. The van der Waals surface area contributed by atoms with Crippen LogP contribution in [0.2, 0.25) is 0 Å². The van der Waals surface area contributed by atoms with Gasteiger partial charge in [0.05, 0.1) is 18.1 Å². The average molecular weight is 300 g/mol. The number of likely N-dealkylation sites (tertiary alicyclic amines) is 1. The minimum atomic E-state index is -4.14. The summed E-state index contributed by atoms with van der Waals surface area (Å²) in [6.45, 7) is -0.0230. The molecule has 2 fully saturated rings. The Hall–Kier alpha value is -0.340.